The van der Waals surface area contributed by atoms with Gasteiger partial charge in [-0.25, -0.2) is 14.4 Å². The van der Waals surface area contributed by atoms with Crippen LogP contribution in [0.1, 0.15) is 12.0 Å². The van der Waals surface area contributed by atoms with Crippen LogP contribution < -0.4 is 9.64 Å². The average molecular weight is 460 g/mol. The molecule has 0 saturated carbocycles. The minimum Gasteiger partial charge on any atom is -0.497 e. The second-order valence-electron chi connectivity index (χ2n) is 8.31. The molecule has 0 atom stereocenters. The molecule has 0 unspecified atom stereocenters. The van der Waals surface area contributed by atoms with Gasteiger partial charge < -0.3 is 19.5 Å². The number of rotatable bonds is 6. The zero-order valence-electron chi connectivity index (χ0n) is 19.0. The van der Waals surface area contributed by atoms with E-state index in [2.05, 4.69) is 19.9 Å². The number of nitrogens with zero attached hydrogens (tertiary/aromatic N) is 4. The van der Waals surface area contributed by atoms with Gasteiger partial charge in [-0.2, -0.15) is 0 Å². The molecule has 8 heteroatoms. The molecule has 1 fully saturated rings. The van der Waals surface area contributed by atoms with Crippen molar-refractivity contribution in [1.29, 1.82) is 0 Å². The molecule has 1 aliphatic heterocycles. The highest BCUT2D eigenvalue weighted by atomic mass is 19.1. The Kier molecular flexibility index (Phi) is 6.12. The Morgan fingerprint density at radius 1 is 1.06 bits per heavy atom. The maximum absolute atomic E-state index is 14.1. The maximum Gasteiger partial charge on any atom is 0.225 e. The summed E-state index contributed by atoms with van der Waals surface area (Å²) in [5, 5.41) is 0.810. The van der Waals surface area contributed by atoms with Crippen molar-refractivity contribution in [2.75, 3.05) is 38.2 Å². The van der Waals surface area contributed by atoms with Crippen molar-refractivity contribution < 1.29 is 13.9 Å². The lowest BCUT2D eigenvalue weighted by Crippen LogP contribution is -2.49. The summed E-state index contributed by atoms with van der Waals surface area (Å²) in [4.78, 5) is 29.0. The quantitative estimate of drug-likeness (QED) is 0.471. The van der Waals surface area contributed by atoms with Gasteiger partial charge in [-0.15, -0.1) is 0 Å². The summed E-state index contributed by atoms with van der Waals surface area (Å²) < 4.78 is 19.3. The van der Waals surface area contributed by atoms with Crippen molar-refractivity contribution >= 4 is 22.8 Å². The average Bonchev–Trinajstić information content (AvgIpc) is 3.25. The van der Waals surface area contributed by atoms with Crippen molar-refractivity contribution in [3.63, 3.8) is 0 Å². The van der Waals surface area contributed by atoms with Gasteiger partial charge in [0, 0.05) is 61.6 Å². The molecule has 174 valence electrons. The lowest BCUT2D eigenvalue weighted by Gasteiger charge is -2.34. The van der Waals surface area contributed by atoms with Crippen LogP contribution in [0.15, 0.2) is 60.9 Å². The number of hydrogen-bond acceptors (Lipinski definition) is 5. The number of carbonyl (C=O) groups is 1. The zero-order valence-corrected chi connectivity index (χ0v) is 19.0. The van der Waals surface area contributed by atoms with E-state index in [1.807, 2.05) is 29.2 Å². The van der Waals surface area contributed by atoms with Crippen LogP contribution in [0, 0.1) is 5.82 Å². The number of aromatic nitrogens is 3. The maximum atomic E-state index is 14.1. The molecule has 1 aliphatic rings. The number of ether oxygens (including phenoxy) is 1. The fourth-order valence-electron chi connectivity index (χ4n) is 4.48. The van der Waals surface area contributed by atoms with Gasteiger partial charge in [0.25, 0.3) is 0 Å². The minimum absolute atomic E-state index is 0.0973. The second kappa shape index (κ2) is 9.51. The van der Waals surface area contributed by atoms with Gasteiger partial charge in [-0.1, -0.05) is 0 Å². The summed E-state index contributed by atoms with van der Waals surface area (Å²) in [6.45, 7) is 2.66. The predicted octanol–water partition coefficient (Wildman–Crippen LogP) is 4.05. The van der Waals surface area contributed by atoms with E-state index in [1.165, 1.54) is 12.1 Å². The Hall–Kier alpha value is -3.94. The number of H-pyrrole nitrogens is 1. The number of anilines is 1. The molecule has 34 heavy (non-hydrogen) atoms. The van der Waals surface area contributed by atoms with Crippen LogP contribution in [-0.2, 0) is 11.2 Å². The van der Waals surface area contributed by atoms with E-state index in [0.29, 0.717) is 45.0 Å². The van der Waals surface area contributed by atoms with Crippen LogP contribution >= 0.6 is 0 Å². The van der Waals surface area contributed by atoms with Crippen LogP contribution in [-0.4, -0.2) is 59.0 Å². The first-order valence-corrected chi connectivity index (χ1v) is 11.4. The van der Waals surface area contributed by atoms with Gasteiger partial charge in [0.2, 0.25) is 11.9 Å². The van der Waals surface area contributed by atoms with Crippen molar-refractivity contribution in [2.45, 2.75) is 12.8 Å². The predicted molar refractivity (Wildman–Crippen MR) is 129 cm³/mol. The van der Waals surface area contributed by atoms with E-state index in [-0.39, 0.29) is 11.7 Å². The Morgan fingerprint density at radius 2 is 1.79 bits per heavy atom. The Morgan fingerprint density at radius 3 is 2.50 bits per heavy atom. The van der Waals surface area contributed by atoms with Crippen LogP contribution in [0.5, 0.6) is 5.75 Å². The molecule has 3 heterocycles. The smallest absolute Gasteiger partial charge is 0.225 e. The van der Waals surface area contributed by atoms with Gasteiger partial charge in [-0.3, -0.25) is 4.79 Å². The second-order valence-corrected chi connectivity index (χ2v) is 8.31. The molecule has 0 spiro atoms. The lowest BCUT2D eigenvalue weighted by molar-refractivity contribution is -0.131. The molecular weight excluding hydrogens is 433 g/mol. The first kappa shape index (κ1) is 21.9. The van der Waals surface area contributed by atoms with E-state index < -0.39 is 0 Å². The molecule has 0 aliphatic carbocycles. The number of benzene rings is 2. The fourth-order valence-corrected chi connectivity index (χ4v) is 4.48. The summed E-state index contributed by atoms with van der Waals surface area (Å²) in [7, 11) is 1.63. The number of aryl methyl sites for hydroxylation is 1. The van der Waals surface area contributed by atoms with E-state index >= 15 is 0 Å². The summed E-state index contributed by atoms with van der Waals surface area (Å²) in [5.41, 5.74) is 3.67. The molecule has 2 aromatic heterocycles. The highest BCUT2D eigenvalue weighted by molar-refractivity contribution is 5.91. The number of piperazine rings is 1. The van der Waals surface area contributed by atoms with Gasteiger partial charge in [0.15, 0.2) is 0 Å². The molecule has 7 nitrogen and oxygen atoms in total. The highest BCUT2D eigenvalue weighted by Gasteiger charge is 2.23. The highest BCUT2D eigenvalue weighted by Crippen LogP contribution is 2.33. The van der Waals surface area contributed by atoms with Crippen LogP contribution in [0.25, 0.3) is 22.2 Å². The first-order valence-electron chi connectivity index (χ1n) is 11.4. The number of hydrogen-bond donors (Lipinski definition) is 1. The molecule has 0 radical (unpaired) electrons. The minimum atomic E-state index is -0.292. The number of halogens is 1. The third kappa shape index (κ3) is 4.44. The number of fused-ring (bicyclic) bond motifs is 1. The summed E-state index contributed by atoms with van der Waals surface area (Å²) in [6.07, 6.45) is 4.33. The Balaban J connectivity index is 1.32. The Labute approximate surface area is 197 Å². The van der Waals surface area contributed by atoms with Gasteiger partial charge in [0.05, 0.1) is 7.11 Å². The van der Waals surface area contributed by atoms with Crippen molar-refractivity contribution in [3.05, 3.63) is 72.3 Å². The van der Waals surface area contributed by atoms with Crippen molar-refractivity contribution in [1.82, 2.24) is 19.9 Å². The monoisotopic (exact) mass is 459 g/mol. The van der Waals surface area contributed by atoms with E-state index in [0.717, 1.165) is 33.5 Å². The zero-order chi connectivity index (χ0) is 23.5. The molecule has 0 bridgehead atoms. The molecule has 4 aromatic rings. The van der Waals surface area contributed by atoms with E-state index in [1.54, 1.807) is 31.6 Å². The van der Waals surface area contributed by atoms with Crippen LogP contribution in [0.2, 0.25) is 0 Å². The standard InChI is InChI=1S/C26H26FN5O2/c1-34-20-6-3-18(4-7-20)25-21(22-17-19(27)5-9-23(22)30-25)8-10-24(33)31-13-15-32(16-14-31)26-28-11-2-12-29-26/h2-7,9,11-12,17,30H,8,10,13-16H2,1H3. The van der Waals surface area contributed by atoms with Gasteiger partial charge in [-0.05, 0) is 66.1 Å². The van der Waals surface area contributed by atoms with E-state index in [9.17, 15) is 9.18 Å². The summed E-state index contributed by atoms with van der Waals surface area (Å²) in [5.74, 6) is 1.27. The van der Waals surface area contributed by atoms with Crippen molar-refractivity contribution in [2.24, 2.45) is 0 Å². The SMILES string of the molecule is COc1ccc(-c2[nH]c3ccc(F)cc3c2CCC(=O)N2CCN(c3ncccn3)CC2)cc1. The molecule has 1 N–H and O–H groups in total. The number of nitrogens with one attached hydrogen (secondary N) is 1. The number of methoxy groups -OCH3 is 1. The summed E-state index contributed by atoms with van der Waals surface area (Å²) in [6, 6.07) is 14.2. The van der Waals surface area contributed by atoms with Gasteiger partial charge in [0.1, 0.15) is 11.6 Å². The normalized spacial score (nSPS) is 13.9. The molecular formula is C26H26FN5O2. The molecule has 1 amide bonds. The molecule has 2 aromatic carbocycles. The van der Waals surface area contributed by atoms with Crippen LogP contribution in [0.3, 0.4) is 0 Å². The Bertz CT molecular complexity index is 1280. The molecule has 5 rings (SSSR count). The first-order chi connectivity index (χ1) is 16.6. The topological polar surface area (TPSA) is 74.4 Å². The third-order valence-corrected chi connectivity index (χ3v) is 6.30. The summed E-state index contributed by atoms with van der Waals surface area (Å²) >= 11 is 0. The molecule has 1 saturated heterocycles. The number of carbonyl (C=O) groups excluding carboxylic acids is 1. The van der Waals surface area contributed by atoms with Crippen molar-refractivity contribution in [3.8, 4) is 17.0 Å². The largest absolute Gasteiger partial charge is 0.497 e. The number of aromatic amines is 1. The fraction of sp³-hybridized carbons (Fsp3) is 0.269. The van der Waals surface area contributed by atoms with Gasteiger partial charge >= 0.3 is 0 Å². The number of amides is 1. The van der Waals surface area contributed by atoms with Crippen LogP contribution in [0.4, 0.5) is 10.3 Å². The lowest BCUT2D eigenvalue weighted by atomic mass is 10.0. The van der Waals surface area contributed by atoms with E-state index in [4.69, 9.17) is 4.74 Å². The third-order valence-electron chi connectivity index (χ3n) is 6.30.